The number of carbonyl (C=O) groups excluding carboxylic acids is 1. The standard InChI is InChI=1S/C13H16FNO3/c1-8(2)3-6-12(16)15-11-5-4-9(14)7-10(11)13(17)18/h4-5,7-8H,3,6H2,1-2H3,(H,15,16)(H,17,18). The Morgan fingerprint density at radius 2 is 2.06 bits per heavy atom. The van der Waals surface area contributed by atoms with E-state index in [1.54, 1.807) is 0 Å². The number of aromatic carboxylic acids is 1. The zero-order valence-corrected chi connectivity index (χ0v) is 10.4. The summed E-state index contributed by atoms with van der Waals surface area (Å²) >= 11 is 0. The number of carboxylic acids is 1. The van der Waals surface area contributed by atoms with E-state index in [1.807, 2.05) is 13.8 Å². The highest BCUT2D eigenvalue weighted by molar-refractivity contribution is 6.00. The summed E-state index contributed by atoms with van der Waals surface area (Å²) < 4.78 is 12.9. The molecular weight excluding hydrogens is 237 g/mol. The van der Waals surface area contributed by atoms with E-state index in [0.717, 1.165) is 18.6 Å². The third-order valence-electron chi connectivity index (χ3n) is 2.43. The number of carboxylic acid groups (broad SMARTS) is 1. The lowest BCUT2D eigenvalue weighted by Gasteiger charge is -2.09. The van der Waals surface area contributed by atoms with Crippen LogP contribution in [0.2, 0.25) is 0 Å². The van der Waals surface area contributed by atoms with Crippen LogP contribution >= 0.6 is 0 Å². The molecule has 1 aromatic rings. The molecule has 0 spiro atoms. The summed E-state index contributed by atoms with van der Waals surface area (Å²) in [4.78, 5) is 22.5. The first-order valence-corrected chi connectivity index (χ1v) is 5.73. The van der Waals surface area contributed by atoms with Crippen molar-refractivity contribution in [2.45, 2.75) is 26.7 Å². The average Bonchev–Trinajstić information content (AvgIpc) is 2.28. The molecule has 98 valence electrons. The van der Waals surface area contributed by atoms with E-state index in [0.29, 0.717) is 12.3 Å². The maximum absolute atomic E-state index is 12.9. The van der Waals surface area contributed by atoms with Gasteiger partial charge < -0.3 is 10.4 Å². The third-order valence-corrected chi connectivity index (χ3v) is 2.43. The van der Waals surface area contributed by atoms with Gasteiger partial charge >= 0.3 is 5.97 Å². The summed E-state index contributed by atoms with van der Waals surface area (Å²) in [7, 11) is 0. The van der Waals surface area contributed by atoms with E-state index in [9.17, 15) is 14.0 Å². The second-order valence-corrected chi connectivity index (χ2v) is 4.48. The molecule has 2 N–H and O–H groups in total. The highest BCUT2D eigenvalue weighted by Gasteiger charge is 2.13. The predicted octanol–water partition coefficient (Wildman–Crippen LogP) is 2.90. The summed E-state index contributed by atoms with van der Waals surface area (Å²) in [5.74, 6) is -1.79. The number of rotatable bonds is 5. The normalized spacial score (nSPS) is 10.4. The van der Waals surface area contributed by atoms with E-state index in [2.05, 4.69) is 5.32 Å². The van der Waals surface area contributed by atoms with Gasteiger partial charge in [0.05, 0.1) is 11.3 Å². The summed E-state index contributed by atoms with van der Waals surface area (Å²) in [5.41, 5.74) is -0.120. The molecule has 4 nitrogen and oxygen atoms in total. The van der Waals surface area contributed by atoms with Crippen LogP contribution in [0.4, 0.5) is 10.1 Å². The van der Waals surface area contributed by atoms with Crippen LogP contribution in [0.3, 0.4) is 0 Å². The Labute approximate surface area is 105 Å². The van der Waals surface area contributed by atoms with Gasteiger partial charge in [-0.3, -0.25) is 4.79 Å². The molecule has 0 aliphatic carbocycles. The summed E-state index contributed by atoms with van der Waals surface area (Å²) in [6, 6.07) is 3.26. The van der Waals surface area contributed by atoms with Gasteiger partial charge in [0.25, 0.3) is 0 Å². The van der Waals surface area contributed by atoms with Crippen LogP contribution in [0.15, 0.2) is 18.2 Å². The largest absolute Gasteiger partial charge is 0.478 e. The van der Waals surface area contributed by atoms with Crippen LogP contribution in [0.1, 0.15) is 37.0 Å². The fourth-order valence-electron chi connectivity index (χ4n) is 1.43. The SMILES string of the molecule is CC(C)CCC(=O)Nc1ccc(F)cc1C(=O)O. The van der Waals surface area contributed by atoms with Gasteiger partial charge in [-0.25, -0.2) is 9.18 Å². The van der Waals surface area contributed by atoms with Gasteiger partial charge in [0, 0.05) is 6.42 Å². The maximum atomic E-state index is 12.9. The molecule has 0 radical (unpaired) electrons. The van der Waals surface area contributed by atoms with E-state index in [1.165, 1.54) is 6.07 Å². The Balaban J connectivity index is 2.78. The number of anilines is 1. The molecular formula is C13H16FNO3. The fourth-order valence-corrected chi connectivity index (χ4v) is 1.43. The second-order valence-electron chi connectivity index (χ2n) is 4.48. The highest BCUT2D eigenvalue weighted by Crippen LogP contribution is 2.18. The minimum atomic E-state index is -1.27. The van der Waals surface area contributed by atoms with Crippen molar-refractivity contribution in [3.8, 4) is 0 Å². The Morgan fingerprint density at radius 1 is 1.39 bits per heavy atom. The van der Waals surface area contributed by atoms with Crippen LogP contribution in [0.5, 0.6) is 0 Å². The van der Waals surface area contributed by atoms with Crippen molar-refractivity contribution < 1.29 is 19.1 Å². The minimum Gasteiger partial charge on any atom is -0.478 e. The van der Waals surface area contributed by atoms with Crippen LogP contribution in [-0.4, -0.2) is 17.0 Å². The van der Waals surface area contributed by atoms with E-state index in [4.69, 9.17) is 5.11 Å². The van der Waals surface area contributed by atoms with Gasteiger partial charge in [-0.2, -0.15) is 0 Å². The molecule has 18 heavy (non-hydrogen) atoms. The monoisotopic (exact) mass is 253 g/mol. The molecule has 1 aromatic carbocycles. The lowest BCUT2D eigenvalue weighted by Crippen LogP contribution is -2.15. The fraction of sp³-hybridized carbons (Fsp3) is 0.385. The van der Waals surface area contributed by atoms with Crippen LogP contribution in [0.25, 0.3) is 0 Å². The predicted molar refractivity (Wildman–Crippen MR) is 66.1 cm³/mol. The van der Waals surface area contributed by atoms with Gasteiger partial charge in [0.15, 0.2) is 0 Å². The van der Waals surface area contributed by atoms with E-state index in [-0.39, 0.29) is 17.2 Å². The number of nitrogens with one attached hydrogen (secondary N) is 1. The lowest BCUT2D eigenvalue weighted by atomic mass is 10.1. The van der Waals surface area contributed by atoms with E-state index < -0.39 is 11.8 Å². The Hall–Kier alpha value is -1.91. The summed E-state index contributed by atoms with van der Waals surface area (Å²) in [6.45, 7) is 3.99. The van der Waals surface area contributed by atoms with Crippen molar-refractivity contribution in [2.24, 2.45) is 5.92 Å². The first-order valence-electron chi connectivity index (χ1n) is 5.73. The average molecular weight is 253 g/mol. The molecule has 0 saturated heterocycles. The van der Waals surface area contributed by atoms with Crippen molar-refractivity contribution in [3.63, 3.8) is 0 Å². The zero-order chi connectivity index (χ0) is 13.7. The molecule has 1 rings (SSSR count). The van der Waals surface area contributed by atoms with Gasteiger partial charge in [0.1, 0.15) is 5.82 Å². The number of hydrogen-bond donors (Lipinski definition) is 2. The number of halogens is 1. The Bertz CT molecular complexity index is 458. The molecule has 5 heteroatoms. The van der Waals surface area contributed by atoms with Crippen molar-refractivity contribution in [2.75, 3.05) is 5.32 Å². The first-order chi connectivity index (χ1) is 8.40. The molecule has 0 saturated carbocycles. The maximum Gasteiger partial charge on any atom is 0.337 e. The Morgan fingerprint density at radius 3 is 2.61 bits per heavy atom. The number of amides is 1. The summed E-state index contributed by atoms with van der Waals surface area (Å²) in [6.07, 6.45) is 1.03. The zero-order valence-electron chi connectivity index (χ0n) is 10.4. The van der Waals surface area contributed by atoms with Crippen LogP contribution in [-0.2, 0) is 4.79 Å². The smallest absolute Gasteiger partial charge is 0.337 e. The van der Waals surface area contributed by atoms with Crippen molar-refractivity contribution >= 4 is 17.6 Å². The van der Waals surface area contributed by atoms with Gasteiger partial charge in [-0.05, 0) is 30.5 Å². The topological polar surface area (TPSA) is 66.4 Å². The molecule has 0 aliphatic heterocycles. The minimum absolute atomic E-state index is 0.123. The van der Waals surface area contributed by atoms with Gasteiger partial charge in [-0.1, -0.05) is 13.8 Å². The van der Waals surface area contributed by atoms with Crippen LogP contribution in [0, 0.1) is 11.7 Å². The van der Waals surface area contributed by atoms with Crippen molar-refractivity contribution in [1.29, 1.82) is 0 Å². The molecule has 0 aliphatic rings. The quantitative estimate of drug-likeness (QED) is 0.847. The van der Waals surface area contributed by atoms with E-state index >= 15 is 0 Å². The second kappa shape index (κ2) is 6.14. The lowest BCUT2D eigenvalue weighted by molar-refractivity contribution is -0.116. The molecule has 0 aromatic heterocycles. The molecule has 0 bridgehead atoms. The third kappa shape index (κ3) is 4.16. The summed E-state index contributed by atoms with van der Waals surface area (Å²) in [5, 5.41) is 11.4. The highest BCUT2D eigenvalue weighted by atomic mass is 19.1. The van der Waals surface area contributed by atoms with Crippen molar-refractivity contribution in [3.05, 3.63) is 29.6 Å². The van der Waals surface area contributed by atoms with Crippen LogP contribution < -0.4 is 5.32 Å². The van der Waals surface area contributed by atoms with Gasteiger partial charge in [0.2, 0.25) is 5.91 Å². The molecule has 0 fully saturated rings. The number of hydrogen-bond acceptors (Lipinski definition) is 2. The molecule has 1 amide bonds. The van der Waals surface area contributed by atoms with Gasteiger partial charge in [-0.15, -0.1) is 0 Å². The molecule has 0 heterocycles. The molecule has 0 unspecified atom stereocenters. The number of carbonyl (C=O) groups is 2. The number of benzene rings is 1. The first kappa shape index (κ1) is 14.2. The Kier molecular flexibility index (Phi) is 4.83. The van der Waals surface area contributed by atoms with Crippen molar-refractivity contribution in [1.82, 2.24) is 0 Å². The molecule has 0 atom stereocenters.